The highest BCUT2D eigenvalue weighted by molar-refractivity contribution is 5.78. The highest BCUT2D eigenvalue weighted by atomic mass is 16.6. The van der Waals surface area contributed by atoms with Crippen LogP contribution in [0.1, 0.15) is 146 Å². The Bertz CT molecular complexity index is 1460. The maximum Gasteiger partial charge on any atom is 0.320 e. The van der Waals surface area contributed by atoms with Crippen LogP contribution in [-0.4, -0.2) is 125 Å². The minimum atomic E-state index is -0.802. The Kier molecular flexibility index (Phi) is 23.6. The van der Waals surface area contributed by atoms with E-state index in [1.165, 1.54) is 0 Å². The van der Waals surface area contributed by atoms with E-state index in [-0.39, 0.29) is 58.1 Å². The van der Waals surface area contributed by atoms with Gasteiger partial charge >= 0.3 is 29.8 Å². The van der Waals surface area contributed by atoms with E-state index >= 15 is 0 Å². The Morgan fingerprint density at radius 1 is 0.574 bits per heavy atom. The molecule has 0 fully saturated rings. The van der Waals surface area contributed by atoms with E-state index in [2.05, 4.69) is 5.32 Å². The Morgan fingerprint density at radius 2 is 0.967 bits per heavy atom. The van der Waals surface area contributed by atoms with Gasteiger partial charge in [0, 0.05) is 25.6 Å². The lowest BCUT2D eigenvalue weighted by Gasteiger charge is -2.36. The van der Waals surface area contributed by atoms with Gasteiger partial charge in [-0.2, -0.15) is 0 Å². The molecule has 0 spiro atoms. The molecule has 1 aromatic carbocycles. The number of carbonyl (C=O) groups excluding carboxylic acids is 5. The summed E-state index contributed by atoms with van der Waals surface area (Å²) in [6, 6.07) is 6.44. The minimum Gasteiger partial charge on any atom is -0.484 e. The number of carbonyl (C=O) groups is 6. The van der Waals surface area contributed by atoms with E-state index in [0.29, 0.717) is 12.3 Å². The molecule has 0 saturated heterocycles. The molecule has 1 unspecified atom stereocenters. The second-order valence-corrected chi connectivity index (χ2v) is 19.5. The van der Waals surface area contributed by atoms with Crippen LogP contribution in [0.25, 0.3) is 0 Å². The van der Waals surface area contributed by atoms with Crippen LogP contribution < -0.4 is 10.1 Å². The molecule has 1 rings (SSSR count). The van der Waals surface area contributed by atoms with Crippen molar-refractivity contribution in [2.75, 3.05) is 45.9 Å². The fourth-order valence-electron chi connectivity index (χ4n) is 6.18. The number of amides is 1. The van der Waals surface area contributed by atoms with Gasteiger partial charge in [0.2, 0.25) is 0 Å². The summed E-state index contributed by atoms with van der Waals surface area (Å²) < 4.78 is 28.3. The second-order valence-electron chi connectivity index (χ2n) is 19.5. The molecule has 0 aromatic heterocycles. The van der Waals surface area contributed by atoms with Crippen LogP contribution in [0.5, 0.6) is 5.75 Å². The fourth-order valence-corrected chi connectivity index (χ4v) is 6.18. The lowest BCUT2D eigenvalue weighted by molar-refractivity contribution is -0.165. The molecule has 0 radical (unpaired) electrons. The summed E-state index contributed by atoms with van der Waals surface area (Å²) in [5.41, 5.74) is -2.39. The molecule has 0 bridgehead atoms. The molecule has 0 aliphatic carbocycles. The van der Waals surface area contributed by atoms with Gasteiger partial charge in [-0.05, 0) is 120 Å². The molecule has 0 aliphatic heterocycles. The fraction of sp³-hybridized carbons (Fsp3) is 0.739. The lowest BCUT2D eigenvalue weighted by Crippen LogP contribution is -2.52. The number of nitrogens with one attached hydrogen (secondary N) is 1. The Hall–Kier alpha value is -4.24. The van der Waals surface area contributed by atoms with Crippen LogP contribution in [0, 0.1) is 0 Å². The number of unbranched alkanes of at least 4 members (excludes halogenated alkanes) is 7. The summed E-state index contributed by atoms with van der Waals surface area (Å²) in [6.07, 6.45) is 8.25. The van der Waals surface area contributed by atoms with Gasteiger partial charge in [0.05, 0.1) is 26.2 Å². The molecule has 61 heavy (non-hydrogen) atoms. The van der Waals surface area contributed by atoms with Crippen molar-refractivity contribution in [2.24, 2.45) is 0 Å². The molecular formula is C46H77N3O12. The van der Waals surface area contributed by atoms with Crippen molar-refractivity contribution >= 4 is 35.8 Å². The molecule has 1 atom stereocenters. The Balaban J connectivity index is 3.21. The quantitative estimate of drug-likeness (QED) is 0.0543. The number of ether oxygens (including phenoxy) is 5. The number of hydrogen-bond acceptors (Lipinski definition) is 13. The average molecular weight is 864 g/mol. The zero-order chi connectivity index (χ0) is 46.4. The zero-order valence-electron chi connectivity index (χ0n) is 39.2. The van der Waals surface area contributed by atoms with Crippen molar-refractivity contribution in [1.82, 2.24) is 15.1 Å². The summed E-state index contributed by atoms with van der Waals surface area (Å²) in [4.78, 5) is 79.5. The third kappa shape index (κ3) is 30.4. The van der Waals surface area contributed by atoms with Gasteiger partial charge in [-0.15, -0.1) is 0 Å². The normalized spacial score (nSPS) is 12.8. The lowest BCUT2D eigenvalue weighted by atomic mass is 10.0. The molecular weight excluding hydrogens is 787 g/mol. The highest BCUT2D eigenvalue weighted by Gasteiger charge is 2.32. The van der Waals surface area contributed by atoms with Crippen molar-refractivity contribution in [1.29, 1.82) is 0 Å². The standard InChI is InChI=1S/C46H77N3O12/c1-43(2,3)58-39(53)29-48(30-40(54)59-44(4,5)6)28-35(49(31-41(55)60-45(7,8)9)32-42(56)61-46(10,11)12)27-34-22-24-36(25-23-34)57-33-37(50)47-26-20-18-16-14-13-15-17-19-21-38(51)52/h22-25,35H,13-21,26-33H2,1-12H3,(H,47,50)(H,51,52). The number of carboxylic acid groups (broad SMARTS) is 1. The summed E-state index contributed by atoms with van der Waals surface area (Å²) in [5.74, 6) is -2.80. The van der Waals surface area contributed by atoms with Crippen LogP contribution in [0.2, 0.25) is 0 Å². The van der Waals surface area contributed by atoms with E-state index in [1.807, 2.05) is 12.1 Å². The van der Waals surface area contributed by atoms with Gasteiger partial charge < -0.3 is 34.1 Å². The maximum atomic E-state index is 13.4. The largest absolute Gasteiger partial charge is 0.484 e. The van der Waals surface area contributed by atoms with Gasteiger partial charge in [-0.3, -0.25) is 38.6 Å². The SMILES string of the molecule is CC(C)(C)OC(=O)CN(CC(=O)OC(C)(C)C)CC(Cc1ccc(OCC(=O)NCCCCCCCCCCC(=O)O)cc1)N(CC(=O)OC(C)(C)C)CC(=O)OC(C)(C)C. The first kappa shape index (κ1) is 54.8. The minimum absolute atomic E-state index is 0.0388. The summed E-state index contributed by atoms with van der Waals surface area (Å²) in [7, 11) is 0. The smallest absolute Gasteiger partial charge is 0.320 e. The third-order valence-corrected chi connectivity index (χ3v) is 8.44. The van der Waals surface area contributed by atoms with Crippen LogP contribution in [0.15, 0.2) is 24.3 Å². The predicted molar refractivity (Wildman–Crippen MR) is 233 cm³/mol. The topological polar surface area (TPSA) is 187 Å². The molecule has 2 N–H and O–H groups in total. The highest BCUT2D eigenvalue weighted by Crippen LogP contribution is 2.20. The molecule has 0 heterocycles. The van der Waals surface area contributed by atoms with Crippen molar-refractivity contribution in [2.45, 2.75) is 176 Å². The van der Waals surface area contributed by atoms with E-state index in [1.54, 1.807) is 105 Å². The molecule has 1 aromatic rings. The van der Waals surface area contributed by atoms with Gasteiger partial charge in [-0.1, -0.05) is 50.7 Å². The number of rotatable bonds is 27. The summed E-state index contributed by atoms with van der Waals surface area (Å²) in [5, 5.41) is 11.6. The molecule has 15 nitrogen and oxygen atoms in total. The summed E-state index contributed by atoms with van der Waals surface area (Å²) >= 11 is 0. The summed E-state index contributed by atoms with van der Waals surface area (Å²) in [6.45, 7) is 20.3. The zero-order valence-corrected chi connectivity index (χ0v) is 39.2. The van der Waals surface area contributed by atoms with Gasteiger partial charge in [-0.25, -0.2) is 0 Å². The number of esters is 4. The van der Waals surface area contributed by atoms with Crippen molar-refractivity contribution in [3.63, 3.8) is 0 Å². The average Bonchev–Trinajstić information content (AvgIpc) is 3.06. The predicted octanol–water partition coefficient (Wildman–Crippen LogP) is 6.66. The first-order valence-electron chi connectivity index (χ1n) is 21.6. The van der Waals surface area contributed by atoms with Gasteiger partial charge in [0.15, 0.2) is 6.61 Å². The molecule has 348 valence electrons. The van der Waals surface area contributed by atoms with E-state index in [9.17, 15) is 28.8 Å². The number of nitrogens with zero attached hydrogens (tertiary/aromatic N) is 2. The first-order valence-corrected chi connectivity index (χ1v) is 21.6. The van der Waals surface area contributed by atoms with Gasteiger partial charge in [0.25, 0.3) is 5.91 Å². The van der Waals surface area contributed by atoms with Gasteiger partial charge in [0.1, 0.15) is 28.2 Å². The molecule has 15 heteroatoms. The maximum absolute atomic E-state index is 13.4. The van der Waals surface area contributed by atoms with Crippen molar-refractivity contribution in [3.8, 4) is 5.75 Å². The van der Waals surface area contributed by atoms with Crippen molar-refractivity contribution < 1.29 is 57.6 Å². The van der Waals surface area contributed by atoms with Crippen LogP contribution in [-0.2, 0) is 54.1 Å². The van der Waals surface area contributed by atoms with E-state index in [4.69, 9.17) is 28.8 Å². The molecule has 0 saturated carbocycles. The monoisotopic (exact) mass is 864 g/mol. The van der Waals surface area contributed by atoms with E-state index in [0.717, 1.165) is 56.9 Å². The van der Waals surface area contributed by atoms with E-state index < -0.39 is 58.3 Å². The number of benzene rings is 1. The van der Waals surface area contributed by atoms with Crippen LogP contribution in [0.3, 0.4) is 0 Å². The van der Waals surface area contributed by atoms with Crippen molar-refractivity contribution in [3.05, 3.63) is 29.8 Å². The number of hydrogen-bond donors (Lipinski definition) is 2. The Labute approximate surface area is 364 Å². The Morgan fingerprint density at radius 3 is 1.38 bits per heavy atom. The van der Waals surface area contributed by atoms with Crippen LogP contribution >= 0.6 is 0 Å². The number of aliphatic carboxylic acids is 1. The molecule has 1 amide bonds. The second kappa shape index (κ2) is 26.3. The third-order valence-electron chi connectivity index (χ3n) is 8.44. The first-order chi connectivity index (χ1) is 28.1. The van der Waals surface area contributed by atoms with Crippen LogP contribution in [0.4, 0.5) is 0 Å². The molecule has 0 aliphatic rings. The number of carboxylic acids is 1.